The summed E-state index contributed by atoms with van der Waals surface area (Å²) in [5.74, 6) is 0. The SMILES string of the molecule is O=S(=O)(c1ccccc1Br)C1CCNC1. The van der Waals surface area contributed by atoms with Crippen molar-refractivity contribution >= 4 is 25.8 Å². The van der Waals surface area contributed by atoms with Crippen LogP contribution in [-0.2, 0) is 9.84 Å². The van der Waals surface area contributed by atoms with E-state index in [0.717, 1.165) is 6.54 Å². The fourth-order valence-corrected chi connectivity index (χ4v) is 4.44. The monoisotopic (exact) mass is 289 g/mol. The van der Waals surface area contributed by atoms with Gasteiger partial charge in [0.1, 0.15) is 0 Å². The molecule has 1 unspecified atom stereocenters. The molecule has 1 saturated heterocycles. The van der Waals surface area contributed by atoms with Crippen molar-refractivity contribution in [2.24, 2.45) is 0 Å². The number of sulfone groups is 1. The molecule has 0 spiro atoms. The summed E-state index contributed by atoms with van der Waals surface area (Å²) in [6.45, 7) is 1.35. The fourth-order valence-electron chi connectivity index (χ4n) is 1.75. The standard InChI is InChI=1S/C10H12BrNO2S/c11-9-3-1-2-4-10(9)15(13,14)8-5-6-12-7-8/h1-4,8,12H,5-7H2. The highest BCUT2D eigenvalue weighted by Gasteiger charge is 2.31. The van der Waals surface area contributed by atoms with Crippen molar-refractivity contribution < 1.29 is 8.42 Å². The summed E-state index contributed by atoms with van der Waals surface area (Å²) in [4.78, 5) is 0.402. The van der Waals surface area contributed by atoms with Gasteiger partial charge in [0.25, 0.3) is 0 Å². The first-order valence-electron chi connectivity index (χ1n) is 4.81. The van der Waals surface area contributed by atoms with Crippen molar-refractivity contribution in [1.82, 2.24) is 5.32 Å². The average molecular weight is 290 g/mol. The van der Waals surface area contributed by atoms with Gasteiger partial charge in [0, 0.05) is 11.0 Å². The Bertz CT molecular complexity index is 452. The molecule has 15 heavy (non-hydrogen) atoms. The first-order chi connectivity index (χ1) is 7.12. The molecule has 1 atom stereocenters. The van der Waals surface area contributed by atoms with Gasteiger partial charge in [-0.15, -0.1) is 0 Å². The zero-order chi connectivity index (χ0) is 10.9. The predicted octanol–water partition coefficient (Wildman–Crippen LogP) is 1.58. The highest BCUT2D eigenvalue weighted by atomic mass is 79.9. The summed E-state index contributed by atoms with van der Waals surface area (Å²) in [6, 6.07) is 6.98. The molecule has 1 aromatic rings. The van der Waals surface area contributed by atoms with Crippen LogP contribution < -0.4 is 5.32 Å². The molecule has 0 bridgehead atoms. The Balaban J connectivity index is 2.41. The molecule has 1 fully saturated rings. The molecule has 0 aromatic heterocycles. The summed E-state index contributed by atoms with van der Waals surface area (Å²) < 4.78 is 25.0. The van der Waals surface area contributed by atoms with Crippen molar-refractivity contribution in [2.45, 2.75) is 16.6 Å². The van der Waals surface area contributed by atoms with Crippen LogP contribution in [0.1, 0.15) is 6.42 Å². The van der Waals surface area contributed by atoms with Crippen LogP contribution in [-0.4, -0.2) is 26.8 Å². The maximum Gasteiger partial charge on any atom is 0.183 e. The number of nitrogens with one attached hydrogen (secondary N) is 1. The number of hydrogen-bond donors (Lipinski definition) is 1. The molecule has 2 rings (SSSR count). The average Bonchev–Trinajstić information content (AvgIpc) is 2.71. The predicted molar refractivity (Wildman–Crippen MR) is 62.6 cm³/mol. The quantitative estimate of drug-likeness (QED) is 0.899. The first kappa shape index (κ1) is 11.1. The molecule has 3 nitrogen and oxygen atoms in total. The highest BCUT2D eigenvalue weighted by molar-refractivity contribution is 9.10. The maximum absolute atomic E-state index is 12.2. The molecule has 5 heteroatoms. The smallest absolute Gasteiger partial charge is 0.183 e. The Morgan fingerprint density at radius 2 is 2.07 bits per heavy atom. The lowest BCUT2D eigenvalue weighted by Gasteiger charge is -2.11. The molecule has 1 aromatic carbocycles. The van der Waals surface area contributed by atoms with E-state index >= 15 is 0 Å². The van der Waals surface area contributed by atoms with Crippen molar-refractivity contribution in [1.29, 1.82) is 0 Å². The summed E-state index contributed by atoms with van der Waals surface area (Å²) in [5.41, 5.74) is 0. The molecule has 0 radical (unpaired) electrons. The topological polar surface area (TPSA) is 46.2 Å². The van der Waals surface area contributed by atoms with Gasteiger partial charge in [-0.3, -0.25) is 0 Å². The van der Waals surface area contributed by atoms with Crippen molar-refractivity contribution in [2.75, 3.05) is 13.1 Å². The zero-order valence-corrected chi connectivity index (χ0v) is 10.5. The Morgan fingerprint density at radius 3 is 2.67 bits per heavy atom. The van der Waals surface area contributed by atoms with Crippen molar-refractivity contribution in [3.05, 3.63) is 28.7 Å². The van der Waals surface area contributed by atoms with E-state index in [9.17, 15) is 8.42 Å². The molecule has 0 amide bonds. The highest BCUT2D eigenvalue weighted by Crippen LogP contribution is 2.26. The second-order valence-electron chi connectivity index (χ2n) is 3.59. The van der Waals surface area contributed by atoms with Gasteiger partial charge in [0.2, 0.25) is 0 Å². The van der Waals surface area contributed by atoms with E-state index in [1.54, 1.807) is 18.2 Å². The van der Waals surface area contributed by atoms with Gasteiger partial charge in [0.05, 0.1) is 10.1 Å². The molecule has 1 heterocycles. The second-order valence-corrected chi connectivity index (χ2v) is 6.64. The van der Waals surface area contributed by atoms with E-state index in [0.29, 0.717) is 22.3 Å². The number of benzene rings is 1. The van der Waals surface area contributed by atoms with Crippen LogP contribution in [0.3, 0.4) is 0 Å². The third-order valence-corrected chi connectivity index (χ3v) is 5.80. The minimum atomic E-state index is -3.18. The lowest BCUT2D eigenvalue weighted by Crippen LogP contribution is -2.24. The molecule has 1 aliphatic rings. The lowest BCUT2D eigenvalue weighted by molar-refractivity contribution is 0.582. The van der Waals surface area contributed by atoms with Crippen LogP contribution in [0.2, 0.25) is 0 Å². The molecule has 0 aliphatic carbocycles. The van der Waals surface area contributed by atoms with Crippen LogP contribution >= 0.6 is 15.9 Å². The van der Waals surface area contributed by atoms with Crippen LogP contribution in [0.4, 0.5) is 0 Å². The number of hydrogen-bond acceptors (Lipinski definition) is 3. The third kappa shape index (κ3) is 2.09. The van der Waals surface area contributed by atoms with Gasteiger partial charge in [0.15, 0.2) is 9.84 Å². The van der Waals surface area contributed by atoms with Gasteiger partial charge in [-0.1, -0.05) is 12.1 Å². The molecule has 0 saturated carbocycles. The van der Waals surface area contributed by atoms with Crippen LogP contribution in [0.15, 0.2) is 33.6 Å². The van der Waals surface area contributed by atoms with Gasteiger partial charge in [-0.25, -0.2) is 8.42 Å². The lowest BCUT2D eigenvalue weighted by atomic mass is 10.4. The summed E-state index contributed by atoms with van der Waals surface area (Å²) in [5, 5.41) is 2.79. The van der Waals surface area contributed by atoms with Crippen LogP contribution in [0.5, 0.6) is 0 Å². The molecule has 1 N–H and O–H groups in total. The largest absolute Gasteiger partial charge is 0.315 e. The first-order valence-corrected chi connectivity index (χ1v) is 7.15. The Hall–Kier alpha value is -0.390. The number of halogens is 1. The summed E-state index contributed by atoms with van der Waals surface area (Å²) in [7, 11) is -3.18. The van der Waals surface area contributed by atoms with Gasteiger partial charge in [-0.2, -0.15) is 0 Å². The molecule has 82 valence electrons. The summed E-state index contributed by atoms with van der Waals surface area (Å²) >= 11 is 3.28. The van der Waals surface area contributed by atoms with Crippen molar-refractivity contribution in [3.8, 4) is 0 Å². The third-order valence-electron chi connectivity index (χ3n) is 2.60. The van der Waals surface area contributed by atoms with Gasteiger partial charge >= 0.3 is 0 Å². The Morgan fingerprint density at radius 1 is 1.33 bits per heavy atom. The molecular weight excluding hydrogens is 278 g/mol. The van der Waals surface area contributed by atoms with E-state index < -0.39 is 9.84 Å². The van der Waals surface area contributed by atoms with E-state index in [2.05, 4.69) is 21.2 Å². The van der Waals surface area contributed by atoms with Crippen LogP contribution in [0, 0.1) is 0 Å². The summed E-state index contributed by atoms with van der Waals surface area (Å²) in [6.07, 6.45) is 0.698. The normalized spacial score (nSPS) is 21.8. The van der Waals surface area contributed by atoms with Crippen LogP contribution in [0.25, 0.3) is 0 Å². The van der Waals surface area contributed by atoms with E-state index in [1.807, 2.05) is 6.07 Å². The fraction of sp³-hybridized carbons (Fsp3) is 0.400. The van der Waals surface area contributed by atoms with E-state index in [-0.39, 0.29) is 5.25 Å². The molecular formula is C10H12BrNO2S. The minimum Gasteiger partial charge on any atom is -0.315 e. The maximum atomic E-state index is 12.2. The van der Waals surface area contributed by atoms with Crippen molar-refractivity contribution in [3.63, 3.8) is 0 Å². The second kappa shape index (κ2) is 4.23. The molecule has 1 aliphatic heterocycles. The Labute approximate surface area is 97.9 Å². The minimum absolute atomic E-state index is 0.281. The van der Waals surface area contributed by atoms with Gasteiger partial charge < -0.3 is 5.32 Å². The van der Waals surface area contributed by atoms with E-state index in [4.69, 9.17) is 0 Å². The van der Waals surface area contributed by atoms with Gasteiger partial charge in [-0.05, 0) is 41.0 Å². The van der Waals surface area contributed by atoms with E-state index in [1.165, 1.54) is 0 Å². The number of rotatable bonds is 2. The Kier molecular flexibility index (Phi) is 3.13. The zero-order valence-electron chi connectivity index (χ0n) is 8.11.